The maximum atomic E-state index is 3.34. The van der Waals surface area contributed by atoms with Crippen LogP contribution in [0.3, 0.4) is 0 Å². The zero-order valence-corrected chi connectivity index (χ0v) is 11.9. The lowest BCUT2D eigenvalue weighted by molar-refractivity contribution is 0.868. The highest BCUT2D eigenvalue weighted by molar-refractivity contribution is 5.59. The van der Waals surface area contributed by atoms with Gasteiger partial charge in [0, 0.05) is 0 Å². The van der Waals surface area contributed by atoms with E-state index in [4.69, 9.17) is 0 Å². The maximum absolute atomic E-state index is 3.34. The van der Waals surface area contributed by atoms with Gasteiger partial charge < -0.3 is 10.9 Å². The second-order valence-electron chi connectivity index (χ2n) is 5.00. The highest BCUT2D eigenvalue weighted by Gasteiger charge is 2.05. The minimum Gasteiger partial charge on any atom is -0.301 e. The van der Waals surface area contributed by atoms with Crippen molar-refractivity contribution < 1.29 is 0 Å². The fourth-order valence-electron chi connectivity index (χ4n) is 2.20. The van der Waals surface area contributed by atoms with Gasteiger partial charge in [-0.05, 0) is 35.6 Å². The van der Waals surface area contributed by atoms with Crippen molar-refractivity contribution in [3.8, 4) is 0 Å². The van der Waals surface area contributed by atoms with Gasteiger partial charge in [-0.15, -0.1) is 0 Å². The Morgan fingerprint density at radius 3 is 2.11 bits per heavy atom. The molecule has 2 rings (SSSR count). The van der Waals surface area contributed by atoms with Gasteiger partial charge >= 0.3 is 0 Å². The van der Waals surface area contributed by atoms with Crippen LogP contribution in [0.1, 0.15) is 37.8 Å². The van der Waals surface area contributed by atoms with Crippen molar-refractivity contribution in [3.05, 3.63) is 59.7 Å². The SMILES string of the molecule is CCc1ccccc1NNc1ccccc1C(C)C. The number of hydrogen-bond donors (Lipinski definition) is 2. The Kier molecular flexibility index (Phi) is 4.45. The Labute approximate surface area is 115 Å². The number of nitrogens with one attached hydrogen (secondary N) is 2. The van der Waals surface area contributed by atoms with Crippen LogP contribution in [0.5, 0.6) is 0 Å². The number of rotatable bonds is 5. The Hall–Kier alpha value is -1.96. The molecule has 0 aliphatic rings. The highest BCUT2D eigenvalue weighted by Crippen LogP contribution is 2.24. The van der Waals surface area contributed by atoms with E-state index in [2.05, 4.69) is 80.2 Å². The smallest absolute Gasteiger partial charge is 0.0574 e. The first-order valence-electron chi connectivity index (χ1n) is 6.91. The Balaban J connectivity index is 2.15. The molecule has 0 aromatic heterocycles. The largest absolute Gasteiger partial charge is 0.301 e. The molecule has 0 saturated heterocycles. The lowest BCUT2D eigenvalue weighted by Gasteiger charge is -2.17. The number of para-hydroxylation sites is 2. The number of aryl methyl sites for hydroxylation is 1. The van der Waals surface area contributed by atoms with Gasteiger partial charge in [0.2, 0.25) is 0 Å². The van der Waals surface area contributed by atoms with Crippen molar-refractivity contribution in [2.45, 2.75) is 33.1 Å². The van der Waals surface area contributed by atoms with Crippen LogP contribution in [-0.2, 0) is 6.42 Å². The zero-order valence-electron chi connectivity index (χ0n) is 11.9. The van der Waals surface area contributed by atoms with E-state index in [1.54, 1.807) is 0 Å². The summed E-state index contributed by atoms with van der Waals surface area (Å²) in [5.74, 6) is 0.506. The molecular weight excluding hydrogens is 232 g/mol. The van der Waals surface area contributed by atoms with E-state index < -0.39 is 0 Å². The molecule has 2 aromatic carbocycles. The lowest BCUT2D eigenvalue weighted by atomic mass is 10.0. The highest BCUT2D eigenvalue weighted by atomic mass is 15.4. The van der Waals surface area contributed by atoms with Crippen LogP contribution in [0.15, 0.2) is 48.5 Å². The van der Waals surface area contributed by atoms with Crippen LogP contribution in [0.2, 0.25) is 0 Å². The molecule has 0 amide bonds. The Bertz CT molecular complexity index is 532. The molecule has 0 radical (unpaired) electrons. The zero-order chi connectivity index (χ0) is 13.7. The summed E-state index contributed by atoms with van der Waals surface area (Å²) in [4.78, 5) is 0. The first-order chi connectivity index (χ1) is 9.22. The summed E-state index contributed by atoms with van der Waals surface area (Å²) in [6.07, 6.45) is 1.02. The molecular formula is C17H22N2. The average Bonchev–Trinajstić information content (AvgIpc) is 2.45. The molecule has 0 saturated carbocycles. The summed E-state index contributed by atoms with van der Waals surface area (Å²) in [5, 5.41) is 0. The van der Waals surface area contributed by atoms with Gasteiger partial charge in [0.15, 0.2) is 0 Å². The molecule has 0 unspecified atom stereocenters. The van der Waals surface area contributed by atoms with Crippen LogP contribution in [-0.4, -0.2) is 0 Å². The fraction of sp³-hybridized carbons (Fsp3) is 0.294. The van der Waals surface area contributed by atoms with Crippen LogP contribution in [0, 0.1) is 0 Å². The summed E-state index contributed by atoms with van der Waals surface area (Å²) in [6, 6.07) is 16.8. The standard InChI is InChI=1S/C17H22N2/c1-4-14-9-5-7-11-16(14)18-19-17-12-8-6-10-15(17)13(2)3/h5-13,18-19H,4H2,1-3H3. The third-order valence-corrected chi connectivity index (χ3v) is 3.31. The molecule has 0 aliphatic heterocycles. The molecule has 100 valence electrons. The predicted octanol–water partition coefficient (Wildman–Crippen LogP) is 4.81. The number of benzene rings is 2. The van der Waals surface area contributed by atoms with Crippen molar-refractivity contribution in [1.29, 1.82) is 0 Å². The maximum Gasteiger partial charge on any atom is 0.0574 e. The third kappa shape index (κ3) is 3.28. The minimum atomic E-state index is 0.506. The molecule has 2 aromatic rings. The first kappa shape index (κ1) is 13.5. The second kappa shape index (κ2) is 6.28. The summed E-state index contributed by atoms with van der Waals surface area (Å²) >= 11 is 0. The van der Waals surface area contributed by atoms with Crippen LogP contribution in [0.4, 0.5) is 11.4 Å². The molecule has 2 heteroatoms. The normalized spacial score (nSPS) is 10.5. The molecule has 0 aliphatic carbocycles. The van der Waals surface area contributed by atoms with Gasteiger partial charge in [0.25, 0.3) is 0 Å². The number of hydrogen-bond acceptors (Lipinski definition) is 2. The van der Waals surface area contributed by atoms with Crippen molar-refractivity contribution in [2.24, 2.45) is 0 Å². The van der Waals surface area contributed by atoms with E-state index in [0.29, 0.717) is 5.92 Å². The molecule has 0 atom stereocenters. The Morgan fingerprint density at radius 2 is 1.42 bits per heavy atom. The molecule has 0 heterocycles. The van der Waals surface area contributed by atoms with Crippen LogP contribution >= 0.6 is 0 Å². The molecule has 2 nitrogen and oxygen atoms in total. The number of hydrazine groups is 1. The summed E-state index contributed by atoms with van der Waals surface area (Å²) in [7, 11) is 0. The summed E-state index contributed by atoms with van der Waals surface area (Å²) in [5.41, 5.74) is 11.6. The minimum absolute atomic E-state index is 0.506. The van der Waals surface area contributed by atoms with Crippen molar-refractivity contribution in [3.63, 3.8) is 0 Å². The lowest BCUT2D eigenvalue weighted by Crippen LogP contribution is -2.12. The first-order valence-corrected chi connectivity index (χ1v) is 6.91. The molecule has 0 bridgehead atoms. The summed E-state index contributed by atoms with van der Waals surface area (Å²) < 4.78 is 0. The quantitative estimate of drug-likeness (QED) is 0.748. The molecule has 19 heavy (non-hydrogen) atoms. The molecule has 2 N–H and O–H groups in total. The Morgan fingerprint density at radius 1 is 0.842 bits per heavy atom. The van der Waals surface area contributed by atoms with Crippen molar-refractivity contribution in [2.75, 3.05) is 10.9 Å². The third-order valence-electron chi connectivity index (χ3n) is 3.31. The number of anilines is 2. The van der Waals surface area contributed by atoms with Gasteiger partial charge in [-0.25, -0.2) is 0 Å². The van der Waals surface area contributed by atoms with E-state index in [1.807, 2.05) is 0 Å². The van der Waals surface area contributed by atoms with Crippen molar-refractivity contribution in [1.82, 2.24) is 0 Å². The van der Waals surface area contributed by atoms with Gasteiger partial charge in [-0.2, -0.15) is 0 Å². The topological polar surface area (TPSA) is 24.1 Å². The predicted molar refractivity (Wildman–Crippen MR) is 83.6 cm³/mol. The molecule has 0 spiro atoms. The summed E-state index contributed by atoms with van der Waals surface area (Å²) in [6.45, 7) is 6.59. The van der Waals surface area contributed by atoms with Crippen LogP contribution < -0.4 is 10.9 Å². The second-order valence-corrected chi connectivity index (χ2v) is 5.00. The van der Waals surface area contributed by atoms with Gasteiger partial charge in [0.05, 0.1) is 11.4 Å². The van der Waals surface area contributed by atoms with Gasteiger partial charge in [-0.1, -0.05) is 57.2 Å². The van der Waals surface area contributed by atoms with E-state index in [-0.39, 0.29) is 0 Å². The van der Waals surface area contributed by atoms with Crippen molar-refractivity contribution >= 4 is 11.4 Å². The van der Waals surface area contributed by atoms with Crippen LogP contribution in [0.25, 0.3) is 0 Å². The van der Waals surface area contributed by atoms with E-state index in [1.165, 1.54) is 11.1 Å². The monoisotopic (exact) mass is 254 g/mol. The van der Waals surface area contributed by atoms with Gasteiger partial charge in [-0.3, -0.25) is 0 Å². The van der Waals surface area contributed by atoms with E-state index >= 15 is 0 Å². The van der Waals surface area contributed by atoms with E-state index in [9.17, 15) is 0 Å². The van der Waals surface area contributed by atoms with Gasteiger partial charge in [0.1, 0.15) is 0 Å². The van der Waals surface area contributed by atoms with E-state index in [0.717, 1.165) is 17.8 Å². The fourth-order valence-corrected chi connectivity index (χ4v) is 2.20. The average molecular weight is 254 g/mol. The molecule has 0 fully saturated rings.